The SMILES string of the molecule is COc1ccc2c(c1)C1=NN(c3ccc(C(F)(F)F)cc3)C(=O)C1(C)CS2. The maximum Gasteiger partial charge on any atom is 0.416 e. The second kappa shape index (κ2) is 6.02. The highest BCUT2D eigenvalue weighted by Crippen LogP contribution is 2.46. The topological polar surface area (TPSA) is 41.9 Å². The molecule has 0 radical (unpaired) electrons. The van der Waals surface area contributed by atoms with Crippen LogP contribution in [0.15, 0.2) is 52.5 Å². The Balaban J connectivity index is 1.77. The van der Waals surface area contributed by atoms with Gasteiger partial charge in [-0.25, -0.2) is 0 Å². The molecule has 0 aromatic heterocycles. The number of halogens is 3. The summed E-state index contributed by atoms with van der Waals surface area (Å²) >= 11 is 1.56. The fourth-order valence-electron chi connectivity index (χ4n) is 3.21. The molecule has 0 aliphatic carbocycles. The van der Waals surface area contributed by atoms with Gasteiger partial charge >= 0.3 is 6.18 Å². The van der Waals surface area contributed by atoms with Crippen molar-refractivity contribution in [1.82, 2.24) is 0 Å². The van der Waals surface area contributed by atoms with Crippen molar-refractivity contribution >= 4 is 29.1 Å². The Morgan fingerprint density at radius 2 is 1.89 bits per heavy atom. The zero-order chi connectivity index (χ0) is 19.4. The molecule has 2 aromatic rings. The van der Waals surface area contributed by atoms with Gasteiger partial charge in [0, 0.05) is 16.2 Å². The van der Waals surface area contributed by atoms with E-state index in [2.05, 4.69) is 5.10 Å². The molecule has 4 rings (SSSR count). The van der Waals surface area contributed by atoms with E-state index in [0.717, 1.165) is 22.6 Å². The van der Waals surface area contributed by atoms with E-state index in [-0.39, 0.29) is 5.91 Å². The van der Waals surface area contributed by atoms with Gasteiger partial charge in [-0.2, -0.15) is 23.3 Å². The van der Waals surface area contributed by atoms with Gasteiger partial charge in [0.05, 0.1) is 24.1 Å². The Morgan fingerprint density at radius 1 is 1.19 bits per heavy atom. The van der Waals surface area contributed by atoms with Crippen LogP contribution in [0.3, 0.4) is 0 Å². The second-order valence-corrected chi connectivity index (χ2v) is 7.61. The molecule has 2 heterocycles. The maximum atomic E-state index is 13.1. The standard InChI is InChI=1S/C19H15F3N2O2S/c1-18-10-27-15-8-7-13(26-2)9-14(15)16(18)23-24(17(18)25)12-5-3-11(4-6-12)19(20,21)22/h3-9H,10H2,1-2H3. The van der Waals surface area contributed by atoms with Crippen molar-refractivity contribution in [2.24, 2.45) is 10.5 Å². The van der Waals surface area contributed by atoms with Gasteiger partial charge in [-0.05, 0) is 49.4 Å². The molecule has 0 spiro atoms. The number of fused-ring (bicyclic) bond motifs is 3. The third kappa shape index (κ3) is 2.79. The van der Waals surface area contributed by atoms with Crippen LogP contribution in [-0.4, -0.2) is 24.5 Å². The van der Waals surface area contributed by atoms with Crippen LogP contribution in [0.25, 0.3) is 0 Å². The van der Waals surface area contributed by atoms with Gasteiger partial charge in [0.2, 0.25) is 0 Å². The summed E-state index contributed by atoms with van der Waals surface area (Å²) in [6.07, 6.45) is -4.43. The zero-order valence-electron chi connectivity index (χ0n) is 14.5. The lowest BCUT2D eigenvalue weighted by Gasteiger charge is -2.29. The van der Waals surface area contributed by atoms with E-state index in [1.54, 1.807) is 18.9 Å². The van der Waals surface area contributed by atoms with Gasteiger partial charge in [0.1, 0.15) is 11.2 Å². The number of anilines is 1. The monoisotopic (exact) mass is 392 g/mol. The molecule has 0 fully saturated rings. The number of carbonyl (C=O) groups excluding carboxylic acids is 1. The van der Waals surface area contributed by atoms with Crippen molar-refractivity contribution in [2.75, 3.05) is 17.9 Å². The van der Waals surface area contributed by atoms with Gasteiger partial charge in [-0.3, -0.25) is 4.79 Å². The van der Waals surface area contributed by atoms with E-state index >= 15 is 0 Å². The number of thioether (sulfide) groups is 1. The molecular weight excluding hydrogens is 377 g/mol. The van der Waals surface area contributed by atoms with Crippen LogP contribution in [0.1, 0.15) is 18.1 Å². The smallest absolute Gasteiger partial charge is 0.416 e. The van der Waals surface area contributed by atoms with Crippen LogP contribution in [0, 0.1) is 5.41 Å². The van der Waals surface area contributed by atoms with Crippen molar-refractivity contribution in [3.63, 3.8) is 0 Å². The van der Waals surface area contributed by atoms with E-state index in [9.17, 15) is 18.0 Å². The number of benzene rings is 2. The average Bonchev–Trinajstić information content (AvgIpc) is 2.92. The summed E-state index contributed by atoms with van der Waals surface area (Å²) in [4.78, 5) is 14.0. The molecule has 140 valence electrons. The first-order valence-electron chi connectivity index (χ1n) is 8.16. The van der Waals surface area contributed by atoms with Crippen molar-refractivity contribution in [1.29, 1.82) is 0 Å². The third-order valence-electron chi connectivity index (χ3n) is 4.78. The molecule has 2 aromatic carbocycles. The molecule has 1 unspecified atom stereocenters. The molecule has 0 bridgehead atoms. The number of methoxy groups -OCH3 is 1. The van der Waals surface area contributed by atoms with Crippen LogP contribution in [0.5, 0.6) is 5.75 Å². The van der Waals surface area contributed by atoms with Crippen molar-refractivity contribution in [2.45, 2.75) is 18.0 Å². The molecule has 4 nitrogen and oxygen atoms in total. The van der Waals surface area contributed by atoms with Crippen LogP contribution in [0.4, 0.5) is 18.9 Å². The van der Waals surface area contributed by atoms with Gasteiger partial charge in [-0.1, -0.05) is 0 Å². The minimum absolute atomic E-state index is 0.252. The molecule has 2 aliphatic rings. The van der Waals surface area contributed by atoms with E-state index in [1.165, 1.54) is 17.1 Å². The van der Waals surface area contributed by atoms with Crippen molar-refractivity contribution < 1.29 is 22.7 Å². The van der Waals surface area contributed by atoms with Gasteiger partial charge in [0.25, 0.3) is 5.91 Å². The maximum absolute atomic E-state index is 13.1. The van der Waals surface area contributed by atoms with Gasteiger partial charge in [-0.15, -0.1) is 11.8 Å². The lowest BCUT2D eigenvalue weighted by atomic mass is 9.82. The minimum Gasteiger partial charge on any atom is -0.497 e. The van der Waals surface area contributed by atoms with Crippen molar-refractivity contribution in [3.8, 4) is 5.75 Å². The highest BCUT2D eigenvalue weighted by Gasteiger charge is 2.51. The van der Waals surface area contributed by atoms with E-state index in [4.69, 9.17) is 4.74 Å². The predicted octanol–water partition coefficient (Wildman–Crippen LogP) is 4.58. The Labute approximate surface area is 158 Å². The van der Waals surface area contributed by atoms with Gasteiger partial charge in [0.15, 0.2) is 0 Å². The van der Waals surface area contributed by atoms with Crippen LogP contribution in [0.2, 0.25) is 0 Å². The second-order valence-electron chi connectivity index (χ2n) is 6.59. The van der Waals surface area contributed by atoms with Crippen molar-refractivity contribution in [3.05, 3.63) is 53.6 Å². The Hall–Kier alpha value is -2.48. The highest BCUT2D eigenvalue weighted by atomic mass is 32.2. The highest BCUT2D eigenvalue weighted by molar-refractivity contribution is 7.99. The molecule has 0 N–H and O–H groups in total. The minimum atomic E-state index is -4.43. The number of amides is 1. The Bertz CT molecular complexity index is 956. The summed E-state index contributed by atoms with van der Waals surface area (Å²) in [6.45, 7) is 1.81. The van der Waals surface area contributed by atoms with Gasteiger partial charge < -0.3 is 4.74 Å². The predicted molar refractivity (Wildman–Crippen MR) is 97.3 cm³/mol. The molecule has 27 heavy (non-hydrogen) atoms. The third-order valence-corrected chi connectivity index (χ3v) is 6.17. The summed E-state index contributed by atoms with van der Waals surface area (Å²) in [5, 5.41) is 5.69. The normalized spacial score (nSPS) is 21.6. The molecular formula is C19H15F3N2O2S. The van der Waals surface area contributed by atoms with E-state index < -0.39 is 17.2 Å². The molecule has 0 saturated carbocycles. The molecule has 2 aliphatic heterocycles. The van der Waals surface area contributed by atoms with E-state index in [1.807, 2.05) is 25.1 Å². The fraction of sp³-hybridized carbons (Fsp3) is 0.263. The van der Waals surface area contributed by atoms with Crippen LogP contribution in [-0.2, 0) is 11.0 Å². The zero-order valence-corrected chi connectivity index (χ0v) is 15.3. The quantitative estimate of drug-likeness (QED) is 0.752. The number of hydrogen-bond donors (Lipinski definition) is 0. The summed E-state index contributed by atoms with van der Waals surface area (Å²) < 4.78 is 43.6. The number of carbonyl (C=O) groups is 1. The average molecular weight is 392 g/mol. The first-order chi connectivity index (χ1) is 12.7. The molecule has 0 saturated heterocycles. The summed E-state index contributed by atoms with van der Waals surface area (Å²) in [5.74, 6) is 0.918. The number of rotatable bonds is 2. The number of hydrazone groups is 1. The summed E-state index contributed by atoms with van der Waals surface area (Å²) in [6, 6.07) is 10.1. The molecule has 8 heteroatoms. The summed E-state index contributed by atoms with van der Waals surface area (Å²) in [5.41, 5.74) is 0.133. The van der Waals surface area contributed by atoms with Crippen LogP contribution >= 0.6 is 11.8 Å². The fourth-order valence-corrected chi connectivity index (χ4v) is 4.39. The lowest BCUT2D eigenvalue weighted by molar-refractivity contribution is -0.137. The summed E-state index contributed by atoms with van der Waals surface area (Å²) in [7, 11) is 1.56. The number of ether oxygens (including phenoxy) is 1. The van der Waals surface area contributed by atoms with Crippen LogP contribution < -0.4 is 9.75 Å². The number of hydrogen-bond acceptors (Lipinski definition) is 4. The first-order valence-corrected chi connectivity index (χ1v) is 9.15. The molecule has 1 atom stereocenters. The lowest BCUT2D eigenvalue weighted by Crippen LogP contribution is -2.41. The Morgan fingerprint density at radius 3 is 2.52 bits per heavy atom. The molecule has 1 amide bonds. The van der Waals surface area contributed by atoms with E-state index in [0.29, 0.717) is 22.9 Å². The number of nitrogens with zero attached hydrogens (tertiary/aromatic N) is 2. The number of alkyl halides is 3. The first kappa shape index (κ1) is 17.9. The Kier molecular flexibility index (Phi) is 3.99. The largest absolute Gasteiger partial charge is 0.497 e.